The third-order valence-corrected chi connectivity index (χ3v) is 7.16. The van der Waals surface area contributed by atoms with Crippen LogP contribution in [0.3, 0.4) is 0 Å². The lowest BCUT2D eigenvalue weighted by Crippen LogP contribution is -2.20. The van der Waals surface area contributed by atoms with Crippen LogP contribution in [0, 0.1) is 17.7 Å². The zero-order valence-corrected chi connectivity index (χ0v) is 20.4. The van der Waals surface area contributed by atoms with Gasteiger partial charge in [0.1, 0.15) is 0 Å². The highest BCUT2D eigenvalue weighted by molar-refractivity contribution is 5.64. The topological polar surface area (TPSA) is 9.23 Å². The van der Waals surface area contributed by atoms with Gasteiger partial charge in [-0.25, -0.2) is 4.39 Å². The molecule has 1 aliphatic carbocycles. The second-order valence-corrected chi connectivity index (χ2v) is 9.85. The molecule has 1 nitrogen and oxygen atoms in total. The molecule has 1 fully saturated rings. The van der Waals surface area contributed by atoms with Crippen molar-refractivity contribution in [3.8, 4) is 16.9 Å². The van der Waals surface area contributed by atoms with Crippen LogP contribution in [0.4, 0.5) is 4.39 Å². The van der Waals surface area contributed by atoms with Crippen LogP contribution < -0.4 is 4.74 Å². The van der Waals surface area contributed by atoms with E-state index in [9.17, 15) is 4.39 Å². The maximum absolute atomic E-state index is 14.7. The minimum Gasteiger partial charge on any atom is -0.490 e. The molecule has 2 aromatic rings. The summed E-state index contributed by atoms with van der Waals surface area (Å²) >= 11 is 0. The Morgan fingerprint density at radius 3 is 2.09 bits per heavy atom. The van der Waals surface area contributed by atoms with Gasteiger partial charge in [-0.05, 0) is 59.9 Å². The van der Waals surface area contributed by atoms with Crippen molar-refractivity contribution in [2.45, 2.75) is 97.3 Å². The first-order chi connectivity index (χ1) is 15.7. The van der Waals surface area contributed by atoms with Crippen molar-refractivity contribution in [3.05, 3.63) is 53.8 Å². The normalized spacial score (nSPS) is 18.6. The molecule has 32 heavy (non-hydrogen) atoms. The molecule has 0 amide bonds. The average Bonchev–Trinajstić information content (AvgIpc) is 2.82. The number of aryl methyl sites for hydroxylation is 1. The van der Waals surface area contributed by atoms with Crippen LogP contribution in [-0.2, 0) is 6.42 Å². The summed E-state index contributed by atoms with van der Waals surface area (Å²) in [6.45, 7) is 5.11. The summed E-state index contributed by atoms with van der Waals surface area (Å²) in [5.41, 5.74) is 3.30. The molecule has 0 heterocycles. The first kappa shape index (κ1) is 24.8. The molecule has 0 radical (unpaired) electrons. The number of hydrogen-bond donors (Lipinski definition) is 0. The van der Waals surface area contributed by atoms with Crippen molar-refractivity contribution < 1.29 is 9.13 Å². The first-order valence-corrected chi connectivity index (χ1v) is 13.2. The van der Waals surface area contributed by atoms with Crippen LogP contribution >= 0.6 is 0 Å². The smallest absolute Gasteiger partial charge is 0.165 e. The second kappa shape index (κ2) is 13.7. The van der Waals surface area contributed by atoms with E-state index in [2.05, 4.69) is 38.1 Å². The summed E-state index contributed by atoms with van der Waals surface area (Å²) in [7, 11) is 0. The Morgan fingerprint density at radius 1 is 0.750 bits per heavy atom. The number of rotatable bonds is 13. The van der Waals surface area contributed by atoms with Crippen molar-refractivity contribution in [1.29, 1.82) is 0 Å². The van der Waals surface area contributed by atoms with Gasteiger partial charge in [0, 0.05) is 0 Å². The Kier molecular flexibility index (Phi) is 10.6. The molecule has 2 aromatic carbocycles. The van der Waals surface area contributed by atoms with E-state index in [0.29, 0.717) is 18.3 Å². The molecule has 3 rings (SSSR count). The summed E-state index contributed by atoms with van der Waals surface area (Å²) in [4.78, 5) is 0. The number of unbranched alkanes of at least 4 members (excludes halogenated alkanes) is 5. The van der Waals surface area contributed by atoms with Crippen LogP contribution in [0.5, 0.6) is 5.75 Å². The predicted molar refractivity (Wildman–Crippen MR) is 135 cm³/mol. The van der Waals surface area contributed by atoms with Crippen molar-refractivity contribution in [2.24, 2.45) is 11.8 Å². The fourth-order valence-electron chi connectivity index (χ4n) is 5.06. The Bertz CT molecular complexity index is 774. The van der Waals surface area contributed by atoms with E-state index in [1.807, 2.05) is 6.07 Å². The highest BCUT2D eigenvalue weighted by atomic mass is 19.1. The molecule has 0 bridgehead atoms. The van der Waals surface area contributed by atoms with Crippen LogP contribution in [-0.4, -0.2) is 6.61 Å². The van der Waals surface area contributed by atoms with Gasteiger partial charge in [-0.3, -0.25) is 0 Å². The zero-order chi connectivity index (χ0) is 22.6. The van der Waals surface area contributed by atoms with Gasteiger partial charge in [0.25, 0.3) is 0 Å². The molecule has 0 aliphatic heterocycles. The standard InChI is InChI=1S/C30H43FO/c1-3-5-6-7-8-9-11-25-12-14-26(15-13-25)23-32-30-21-20-28(22-29(30)31)27-18-16-24(10-4-2)17-19-27/h16-22,25-26H,3-15,23H2,1-2H3/t25-,26-. The van der Waals surface area contributed by atoms with E-state index in [0.717, 1.165) is 29.9 Å². The summed E-state index contributed by atoms with van der Waals surface area (Å²) in [5.74, 6) is 1.61. The van der Waals surface area contributed by atoms with Gasteiger partial charge >= 0.3 is 0 Å². The maximum atomic E-state index is 14.7. The molecule has 1 saturated carbocycles. The molecule has 0 saturated heterocycles. The van der Waals surface area contributed by atoms with Crippen LogP contribution in [0.25, 0.3) is 11.1 Å². The van der Waals surface area contributed by atoms with E-state index >= 15 is 0 Å². The van der Waals surface area contributed by atoms with E-state index in [1.165, 1.54) is 76.2 Å². The number of benzene rings is 2. The second-order valence-electron chi connectivity index (χ2n) is 9.85. The van der Waals surface area contributed by atoms with Crippen molar-refractivity contribution in [3.63, 3.8) is 0 Å². The van der Waals surface area contributed by atoms with Gasteiger partial charge in [-0.2, -0.15) is 0 Å². The van der Waals surface area contributed by atoms with E-state index in [4.69, 9.17) is 4.74 Å². The monoisotopic (exact) mass is 438 g/mol. The maximum Gasteiger partial charge on any atom is 0.165 e. The predicted octanol–water partition coefficient (Wildman–Crippen LogP) is 9.38. The lowest BCUT2D eigenvalue weighted by atomic mass is 9.80. The molecular formula is C30H43FO. The van der Waals surface area contributed by atoms with Gasteiger partial charge in [0.2, 0.25) is 0 Å². The Labute approximate surface area is 195 Å². The number of hydrogen-bond acceptors (Lipinski definition) is 1. The average molecular weight is 439 g/mol. The highest BCUT2D eigenvalue weighted by Gasteiger charge is 2.21. The van der Waals surface area contributed by atoms with E-state index in [-0.39, 0.29) is 5.82 Å². The Balaban J connectivity index is 1.39. The third-order valence-electron chi connectivity index (χ3n) is 7.16. The molecule has 0 N–H and O–H groups in total. The summed E-state index contributed by atoms with van der Waals surface area (Å²) in [6, 6.07) is 13.9. The van der Waals surface area contributed by atoms with Crippen molar-refractivity contribution >= 4 is 0 Å². The lowest BCUT2D eigenvalue weighted by molar-refractivity contribution is 0.173. The van der Waals surface area contributed by atoms with Gasteiger partial charge in [-0.15, -0.1) is 0 Å². The van der Waals surface area contributed by atoms with Crippen LogP contribution in [0.2, 0.25) is 0 Å². The quantitative estimate of drug-likeness (QED) is 0.283. The lowest BCUT2D eigenvalue weighted by Gasteiger charge is -2.28. The van der Waals surface area contributed by atoms with Crippen LogP contribution in [0.15, 0.2) is 42.5 Å². The summed E-state index contributed by atoms with van der Waals surface area (Å²) in [5, 5.41) is 0. The van der Waals surface area contributed by atoms with Crippen molar-refractivity contribution in [1.82, 2.24) is 0 Å². The minimum absolute atomic E-state index is 0.253. The molecule has 0 atom stereocenters. The highest BCUT2D eigenvalue weighted by Crippen LogP contribution is 2.33. The number of ether oxygens (including phenoxy) is 1. The number of halogens is 1. The first-order valence-electron chi connectivity index (χ1n) is 13.2. The van der Waals surface area contributed by atoms with Crippen LogP contribution in [0.1, 0.15) is 96.5 Å². The Hall–Kier alpha value is -1.83. The molecule has 1 aliphatic rings. The minimum atomic E-state index is -0.253. The fraction of sp³-hybridized carbons (Fsp3) is 0.600. The molecule has 0 aromatic heterocycles. The van der Waals surface area contributed by atoms with E-state index in [1.54, 1.807) is 12.1 Å². The van der Waals surface area contributed by atoms with E-state index < -0.39 is 0 Å². The Morgan fingerprint density at radius 2 is 1.41 bits per heavy atom. The van der Waals surface area contributed by atoms with Gasteiger partial charge < -0.3 is 4.74 Å². The molecule has 0 spiro atoms. The summed E-state index contributed by atoms with van der Waals surface area (Å²) < 4.78 is 20.6. The third kappa shape index (κ3) is 7.94. The summed E-state index contributed by atoms with van der Waals surface area (Å²) in [6.07, 6.45) is 17.0. The molecule has 0 unspecified atom stereocenters. The van der Waals surface area contributed by atoms with Gasteiger partial charge in [0.15, 0.2) is 11.6 Å². The largest absolute Gasteiger partial charge is 0.490 e. The SMILES string of the molecule is CCCCCCCC[C@H]1CC[C@H](COc2ccc(-c3ccc(CCC)cc3)cc2F)CC1. The molecule has 2 heteroatoms. The van der Waals surface area contributed by atoms with Gasteiger partial charge in [-0.1, -0.05) is 108 Å². The molecular weight excluding hydrogens is 395 g/mol. The fourth-order valence-corrected chi connectivity index (χ4v) is 5.06. The molecule has 176 valence electrons. The zero-order valence-electron chi connectivity index (χ0n) is 20.4. The van der Waals surface area contributed by atoms with Gasteiger partial charge in [0.05, 0.1) is 6.61 Å². The van der Waals surface area contributed by atoms with Crippen molar-refractivity contribution in [2.75, 3.05) is 6.61 Å².